The topological polar surface area (TPSA) is 73.8 Å². The van der Waals surface area contributed by atoms with Gasteiger partial charge >= 0.3 is 0 Å². The minimum Gasteiger partial charge on any atom is -0.369 e. The lowest BCUT2D eigenvalue weighted by Gasteiger charge is -2.04. The van der Waals surface area contributed by atoms with Crippen molar-refractivity contribution in [2.24, 2.45) is 5.73 Å². The summed E-state index contributed by atoms with van der Waals surface area (Å²) in [4.78, 5) is 10.8. The highest BCUT2D eigenvalue weighted by Gasteiger charge is 2.13. The molecule has 0 aliphatic rings. The summed E-state index contributed by atoms with van der Waals surface area (Å²) in [6.07, 6.45) is 3.12. The molecule has 0 bridgehead atoms. The molecule has 1 aromatic heterocycles. The fourth-order valence-electron chi connectivity index (χ4n) is 1.57. The van der Waals surface area contributed by atoms with Crippen molar-refractivity contribution in [3.05, 3.63) is 11.4 Å². The van der Waals surface area contributed by atoms with Gasteiger partial charge in [0.25, 0.3) is 0 Å². The van der Waals surface area contributed by atoms with Gasteiger partial charge in [-0.2, -0.15) is 0 Å². The highest BCUT2D eigenvalue weighted by molar-refractivity contribution is 5.76. The average Bonchev–Trinajstić information content (AvgIpc) is 2.51. The van der Waals surface area contributed by atoms with Gasteiger partial charge in [0.05, 0.1) is 17.8 Å². The molecule has 2 N–H and O–H groups in total. The molecule has 0 unspecified atom stereocenters. The first kappa shape index (κ1) is 11.7. The van der Waals surface area contributed by atoms with Crippen LogP contribution >= 0.6 is 0 Å². The predicted molar refractivity (Wildman–Crippen MR) is 57.2 cm³/mol. The Balaban J connectivity index is 2.89. The highest BCUT2D eigenvalue weighted by Crippen LogP contribution is 2.09. The summed E-state index contributed by atoms with van der Waals surface area (Å²) in [7, 11) is 0. The second-order valence-electron chi connectivity index (χ2n) is 3.60. The summed E-state index contributed by atoms with van der Waals surface area (Å²) in [5.41, 5.74) is 6.94. The number of carbonyl (C=O) groups excluding carboxylic acids is 1. The molecule has 0 saturated carbocycles. The molecule has 0 aliphatic carbocycles. The summed E-state index contributed by atoms with van der Waals surface area (Å²) in [5.74, 6) is -0.351. The van der Waals surface area contributed by atoms with Gasteiger partial charge in [0.2, 0.25) is 5.91 Å². The lowest BCUT2D eigenvalue weighted by atomic mass is 10.1. The van der Waals surface area contributed by atoms with E-state index < -0.39 is 0 Å². The van der Waals surface area contributed by atoms with Crippen LogP contribution in [0, 0.1) is 0 Å². The van der Waals surface area contributed by atoms with E-state index in [4.69, 9.17) is 5.73 Å². The van der Waals surface area contributed by atoms with Crippen LogP contribution in [0.25, 0.3) is 0 Å². The zero-order valence-electron chi connectivity index (χ0n) is 9.36. The number of aromatic nitrogens is 3. The number of amides is 1. The molecule has 0 atom stereocenters. The summed E-state index contributed by atoms with van der Waals surface area (Å²) in [5, 5.41) is 8.04. The molecule has 0 saturated heterocycles. The Morgan fingerprint density at radius 2 is 2.13 bits per heavy atom. The Morgan fingerprint density at radius 3 is 2.67 bits per heavy atom. The zero-order valence-corrected chi connectivity index (χ0v) is 9.36. The molecule has 5 heteroatoms. The van der Waals surface area contributed by atoms with E-state index in [9.17, 15) is 4.79 Å². The molecule has 5 nitrogen and oxygen atoms in total. The van der Waals surface area contributed by atoms with Crippen LogP contribution in [0.15, 0.2) is 0 Å². The van der Waals surface area contributed by atoms with Crippen molar-refractivity contribution in [2.75, 3.05) is 0 Å². The Hall–Kier alpha value is -1.39. The minimum atomic E-state index is -0.351. The molecule has 0 spiro atoms. The number of primary amides is 1. The maximum Gasteiger partial charge on any atom is 0.223 e. The van der Waals surface area contributed by atoms with Gasteiger partial charge in [-0.3, -0.25) is 4.79 Å². The van der Waals surface area contributed by atoms with Gasteiger partial charge in [-0.1, -0.05) is 25.5 Å². The van der Waals surface area contributed by atoms with Crippen LogP contribution in [-0.2, 0) is 24.2 Å². The maximum atomic E-state index is 10.8. The van der Waals surface area contributed by atoms with E-state index in [0.29, 0.717) is 0 Å². The van der Waals surface area contributed by atoms with Gasteiger partial charge in [-0.15, -0.1) is 5.10 Å². The Kier molecular flexibility index (Phi) is 4.27. The zero-order chi connectivity index (χ0) is 11.3. The maximum absolute atomic E-state index is 10.8. The number of nitrogens with two attached hydrogens (primary N) is 1. The fraction of sp³-hybridized carbons (Fsp3) is 0.700. The van der Waals surface area contributed by atoms with Crippen molar-refractivity contribution in [2.45, 2.75) is 46.1 Å². The van der Waals surface area contributed by atoms with E-state index in [1.807, 2.05) is 4.68 Å². The smallest absolute Gasteiger partial charge is 0.223 e. The van der Waals surface area contributed by atoms with Crippen LogP contribution in [-0.4, -0.2) is 20.9 Å². The molecule has 0 aliphatic heterocycles. The molecular formula is C10H18N4O. The lowest BCUT2D eigenvalue weighted by Crippen LogP contribution is -2.15. The van der Waals surface area contributed by atoms with Crippen LogP contribution in [0.4, 0.5) is 0 Å². The van der Waals surface area contributed by atoms with Crippen molar-refractivity contribution in [1.82, 2.24) is 15.0 Å². The van der Waals surface area contributed by atoms with Gasteiger partial charge in [-0.05, 0) is 12.8 Å². The quantitative estimate of drug-likeness (QED) is 0.749. The molecule has 84 valence electrons. The summed E-state index contributed by atoms with van der Waals surface area (Å²) < 4.78 is 1.88. The SMILES string of the molecule is CCCc1c(CC(N)=O)nnn1CCC. The largest absolute Gasteiger partial charge is 0.369 e. The standard InChI is InChI=1S/C10H18N4O/c1-3-5-9-8(7-10(11)15)12-13-14(9)6-4-2/h3-7H2,1-2H3,(H2,11,15). The first-order chi connectivity index (χ1) is 7.19. The molecule has 1 amide bonds. The third kappa shape index (κ3) is 3.04. The van der Waals surface area contributed by atoms with Crippen LogP contribution in [0.3, 0.4) is 0 Å². The molecular weight excluding hydrogens is 192 g/mol. The second-order valence-corrected chi connectivity index (χ2v) is 3.60. The normalized spacial score (nSPS) is 10.5. The van der Waals surface area contributed by atoms with Crippen LogP contribution in [0.5, 0.6) is 0 Å². The van der Waals surface area contributed by atoms with E-state index in [0.717, 1.165) is 37.2 Å². The van der Waals surface area contributed by atoms with Crippen molar-refractivity contribution in [1.29, 1.82) is 0 Å². The van der Waals surface area contributed by atoms with Crippen molar-refractivity contribution in [3.8, 4) is 0 Å². The summed E-state index contributed by atoms with van der Waals surface area (Å²) in [6, 6.07) is 0. The fourth-order valence-corrected chi connectivity index (χ4v) is 1.57. The minimum absolute atomic E-state index is 0.193. The van der Waals surface area contributed by atoms with E-state index >= 15 is 0 Å². The molecule has 0 radical (unpaired) electrons. The average molecular weight is 210 g/mol. The summed E-state index contributed by atoms with van der Waals surface area (Å²) >= 11 is 0. The van der Waals surface area contributed by atoms with Crippen molar-refractivity contribution in [3.63, 3.8) is 0 Å². The lowest BCUT2D eigenvalue weighted by molar-refractivity contribution is -0.117. The van der Waals surface area contributed by atoms with Crippen molar-refractivity contribution < 1.29 is 4.79 Å². The van der Waals surface area contributed by atoms with Crippen LogP contribution in [0.1, 0.15) is 38.1 Å². The van der Waals surface area contributed by atoms with E-state index in [1.165, 1.54) is 0 Å². The number of aryl methyl sites for hydroxylation is 1. The Bertz CT molecular complexity index is 332. The van der Waals surface area contributed by atoms with E-state index in [2.05, 4.69) is 24.2 Å². The monoisotopic (exact) mass is 210 g/mol. The molecule has 1 heterocycles. The number of nitrogens with zero attached hydrogens (tertiary/aromatic N) is 3. The number of carbonyl (C=O) groups is 1. The molecule has 15 heavy (non-hydrogen) atoms. The first-order valence-corrected chi connectivity index (χ1v) is 5.38. The van der Waals surface area contributed by atoms with Gasteiger partial charge in [0.1, 0.15) is 0 Å². The molecule has 1 aromatic rings. The third-order valence-electron chi connectivity index (χ3n) is 2.18. The third-order valence-corrected chi connectivity index (χ3v) is 2.18. The predicted octanol–water partition coefficient (Wildman–Crippen LogP) is 0.668. The van der Waals surface area contributed by atoms with Gasteiger partial charge in [0.15, 0.2) is 0 Å². The second kappa shape index (κ2) is 5.48. The highest BCUT2D eigenvalue weighted by atomic mass is 16.1. The van der Waals surface area contributed by atoms with E-state index in [-0.39, 0.29) is 12.3 Å². The number of hydrogen-bond acceptors (Lipinski definition) is 3. The van der Waals surface area contributed by atoms with Crippen LogP contribution in [0.2, 0.25) is 0 Å². The first-order valence-electron chi connectivity index (χ1n) is 5.38. The summed E-state index contributed by atoms with van der Waals surface area (Å²) in [6.45, 7) is 5.03. The van der Waals surface area contributed by atoms with E-state index in [1.54, 1.807) is 0 Å². The van der Waals surface area contributed by atoms with Gasteiger partial charge in [0, 0.05) is 6.54 Å². The Morgan fingerprint density at radius 1 is 1.40 bits per heavy atom. The van der Waals surface area contributed by atoms with Gasteiger partial charge in [-0.25, -0.2) is 4.68 Å². The molecule has 0 fully saturated rings. The van der Waals surface area contributed by atoms with Crippen LogP contribution < -0.4 is 5.73 Å². The number of rotatable bonds is 6. The molecule has 0 aromatic carbocycles. The van der Waals surface area contributed by atoms with Crippen molar-refractivity contribution >= 4 is 5.91 Å². The van der Waals surface area contributed by atoms with Gasteiger partial charge < -0.3 is 5.73 Å². The molecule has 1 rings (SSSR count). The Labute approximate surface area is 89.6 Å². The number of hydrogen-bond donors (Lipinski definition) is 1.